The Kier molecular flexibility index (Phi) is 3.03. The zero-order valence-electron chi connectivity index (χ0n) is 10.4. The number of aliphatic hydroxyl groups is 1. The number of benzene rings is 2. The quantitative estimate of drug-likeness (QED) is 0.750. The lowest BCUT2D eigenvalue weighted by atomic mass is 10.1. The fraction of sp³-hybridized carbons (Fsp3) is 0.133. The zero-order chi connectivity index (χ0) is 13.2. The third-order valence-electron chi connectivity index (χ3n) is 3.25. The molecule has 4 nitrogen and oxygen atoms in total. The van der Waals surface area contributed by atoms with Gasteiger partial charge in [-0.15, -0.1) is 0 Å². The van der Waals surface area contributed by atoms with Crippen molar-refractivity contribution in [2.75, 3.05) is 6.61 Å². The molecule has 0 spiro atoms. The van der Waals surface area contributed by atoms with Gasteiger partial charge >= 0.3 is 0 Å². The first-order chi connectivity index (χ1) is 9.29. The largest absolute Gasteiger partial charge is 0.394 e. The van der Waals surface area contributed by atoms with Crippen LogP contribution in [0.1, 0.15) is 11.7 Å². The highest BCUT2D eigenvalue weighted by Crippen LogP contribution is 2.21. The number of imidazole rings is 1. The first-order valence-electron chi connectivity index (χ1n) is 6.17. The highest BCUT2D eigenvalue weighted by atomic mass is 16.3. The summed E-state index contributed by atoms with van der Waals surface area (Å²) in [4.78, 5) is 4.12. The van der Waals surface area contributed by atoms with Gasteiger partial charge < -0.3 is 15.4 Å². The van der Waals surface area contributed by atoms with Gasteiger partial charge in [-0.1, -0.05) is 30.3 Å². The topological polar surface area (TPSA) is 64.1 Å². The zero-order valence-corrected chi connectivity index (χ0v) is 10.4. The van der Waals surface area contributed by atoms with Crippen LogP contribution < -0.4 is 5.73 Å². The molecule has 0 saturated carbocycles. The van der Waals surface area contributed by atoms with Crippen LogP contribution in [-0.2, 0) is 0 Å². The van der Waals surface area contributed by atoms with Gasteiger partial charge in [0.05, 0.1) is 30.9 Å². The van der Waals surface area contributed by atoms with Crippen molar-refractivity contribution >= 4 is 10.8 Å². The molecule has 0 amide bonds. The van der Waals surface area contributed by atoms with E-state index >= 15 is 0 Å². The van der Waals surface area contributed by atoms with Crippen LogP contribution in [0.2, 0.25) is 0 Å². The van der Waals surface area contributed by atoms with Crippen molar-refractivity contribution < 1.29 is 5.11 Å². The molecule has 3 rings (SSSR count). The van der Waals surface area contributed by atoms with Crippen molar-refractivity contribution in [2.45, 2.75) is 6.04 Å². The number of hydrogen-bond acceptors (Lipinski definition) is 3. The molecule has 1 atom stereocenters. The molecule has 0 aliphatic carbocycles. The van der Waals surface area contributed by atoms with Crippen molar-refractivity contribution in [3.8, 4) is 5.69 Å². The van der Waals surface area contributed by atoms with Crippen LogP contribution in [0.5, 0.6) is 0 Å². The molecule has 0 bridgehead atoms. The molecular formula is C15H15N3O. The van der Waals surface area contributed by atoms with Crippen LogP contribution in [-0.4, -0.2) is 21.3 Å². The monoisotopic (exact) mass is 253 g/mol. The van der Waals surface area contributed by atoms with Crippen LogP contribution >= 0.6 is 0 Å². The van der Waals surface area contributed by atoms with E-state index in [2.05, 4.69) is 29.2 Å². The Morgan fingerprint density at radius 2 is 1.95 bits per heavy atom. The fourth-order valence-electron chi connectivity index (χ4n) is 2.22. The number of aliphatic hydroxyl groups excluding tert-OH is 1. The average Bonchev–Trinajstić information content (AvgIpc) is 2.95. The number of rotatable bonds is 3. The first kappa shape index (κ1) is 11.9. The molecule has 1 aromatic heterocycles. The second kappa shape index (κ2) is 4.84. The molecule has 3 aromatic rings. The molecule has 96 valence electrons. The summed E-state index contributed by atoms with van der Waals surface area (Å²) in [6.07, 6.45) is 3.41. The SMILES string of the molecule is NC(CO)c1cncn1-c1ccc2ccccc2c1. The van der Waals surface area contributed by atoms with E-state index in [0.717, 1.165) is 16.8 Å². The van der Waals surface area contributed by atoms with Gasteiger partial charge in [-0.25, -0.2) is 4.98 Å². The van der Waals surface area contributed by atoms with Gasteiger partial charge in [0, 0.05) is 5.69 Å². The van der Waals surface area contributed by atoms with Crippen molar-refractivity contribution in [3.05, 3.63) is 60.7 Å². The Labute approximate surface area is 111 Å². The minimum atomic E-state index is -0.422. The van der Waals surface area contributed by atoms with Crippen LogP contribution in [0.25, 0.3) is 16.5 Å². The Morgan fingerprint density at radius 3 is 2.74 bits per heavy atom. The highest BCUT2D eigenvalue weighted by Gasteiger charge is 2.11. The van der Waals surface area contributed by atoms with E-state index in [1.807, 2.05) is 22.8 Å². The normalized spacial score (nSPS) is 12.7. The lowest BCUT2D eigenvalue weighted by molar-refractivity contribution is 0.265. The van der Waals surface area contributed by atoms with Crippen LogP contribution in [0, 0.1) is 0 Å². The molecule has 0 radical (unpaired) electrons. The van der Waals surface area contributed by atoms with Crippen molar-refractivity contribution in [3.63, 3.8) is 0 Å². The number of hydrogen-bond donors (Lipinski definition) is 2. The lowest BCUT2D eigenvalue weighted by Gasteiger charge is -2.13. The maximum atomic E-state index is 9.18. The van der Waals surface area contributed by atoms with E-state index < -0.39 is 6.04 Å². The predicted octanol–water partition coefficient (Wildman–Crippen LogP) is 2.02. The Morgan fingerprint density at radius 1 is 1.16 bits per heavy atom. The van der Waals surface area contributed by atoms with Crippen LogP contribution in [0.4, 0.5) is 0 Å². The smallest absolute Gasteiger partial charge is 0.0994 e. The summed E-state index contributed by atoms with van der Waals surface area (Å²) >= 11 is 0. The second-order valence-electron chi connectivity index (χ2n) is 4.51. The Hall–Kier alpha value is -2.17. The molecule has 2 aromatic carbocycles. The van der Waals surface area contributed by atoms with Crippen molar-refractivity contribution in [1.29, 1.82) is 0 Å². The number of fused-ring (bicyclic) bond motifs is 1. The van der Waals surface area contributed by atoms with Crippen molar-refractivity contribution in [1.82, 2.24) is 9.55 Å². The molecule has 3 N–H and O–H groups in total. The van der Waals surface area contributed by atoms with E-state index in [0.29, 0.717) is 0 Å². The van der Waals surface area contributed by atoms with E-state index in [4.69, 9.17) is 5.73 Å². The summed E-state index contributed by atoms with van der Waals surface area (Å²) in [6.45, 7) is -0.0979. The minimum Gasteiger partial charge on any atom is -0.394 e. The molecule has 1 heterocycles. The van der Waals surface area contributed by atoms with Gasteiger partial charge in [0.25, 0.3) is 0 Å². The summed E-state index contributed by atoms with van der Waals surface area (Å²) in [5, 5.41) is 11.5. The standard InChI is InChI=1S/C15H15N3O/c16-14(9-19)15-8-17-10-18(15)13-6-5-11-3-1-2-4-12(11)7-13/h1-8,10,14,19H,9,16H2. The van der Waals surface area contributed by atoms with E-state index in [1.54, 1.807) is 12.5 Å². The summed E-state index contributed by atoms with van der Waals surface area (Å²) in [6, 6.07) is 13.9. The van der Waals surface area contributed by atoms with Gasteiger partial charge in [0.1, 0.15) is 0 Å². The Balaban J connectivity index is 2.12. The number of nitrogens with two attached hydrogens (primary N) is 1. The number of nitrogens with zero attached hydrogens (tertiary/aromatic N) is 2. The van der Waals surface area contributed by atoms with Crippen LogP contribution in [0.3, 0.4) is 0 Å². The van der Waals surface area contributed by atoms with Gasteiger partial charge in [-0.05, 0) is 22.9 Å². The molecule has 4 heteroatoms. The average molecular weight is 253 g/mol. The van der Waals surface area contributed by atoms with Gasteiger partial charge in [0.2, 0.25) is 0 Å². The summed E-state index contributed by atoms with van der Waals surface area (Å²) in [5.41, 5.74) is 7.68. The molecule has 0 aliphatic heterocycles. The lowest BCUT2D eigenvalue weighted by Crippen LogP contribution is -2.18. The fourth-order valence-corrected chi connectivity index (χ4v) is 2.22. The van der Waals surface area contributed by atoms with Gasteiger partial charge in [-0.2, -0.15) is 0 Å². The maximum Gasteiger partial charge on any atom is 0.0994 e. The number of aromatic nitrogens is 2. The molecule has 1 unspecified atom stereocenters. The first-order valence-corrected chi connectivity index (χ1v) is 6.17. The summed E-state index contributed by atoms with van der Waals surface area (Å²) < 4.78 is 1.91. The van der Waals surface area contributed by atoms with Gasteiger partial charge in [0.15, 0.2) is 0 Å². The Bertz CT molecular complexity index is 705. The summed E-state index contributed by atoms with van der Waals surface area (Å²) in [5.74, 6) is 0. The molecular weight excluding hydrogens is 238 g/mol. The molecule has 19 heavy (non-hydrogen) atoms. The van der Waals surface area contributed by atoms with E-state index in [-0.39, 0.29) is 6.61 Å². The van der Waals surface area contributed by atoms with Gasteiger partial charge in [-0.3, -0.25) is 0 Å². The molecule has 0 fully saturated rings. The summed E-state index contributed by atoms with van der Waals surface area (Å²) in [7, 11) is 0. The van der Waals surface area contributed by atoms with E-state index in [9.17, 15) is 5.11 Å². The van der Waals surface area contributed by atoms with Crippen molar-refractivity contribution in [2.24, 2.45) is 5.73 Å². The maximum absolute atomic E-state index is 9.18. The highest BCUT2D eigenvalue weighted by molar-refractivity contribution is 5.84. The minimum absolute atomic E-state index is 0.0979. The third-order valence-corrected chi connectivity index (χ3v) is 3.25. The molecule has 0 aliphatic rings. The third kappa shape index (κ3) is 2.12. The van der Waals surface area contributed by atoms with Crippen LogP contribution in [0.15, 0.2) is 55.0 Å². The second-order valence-corrected chi connectivity index (χ2v) is 4.51. The molecule has 0 saturated heterocycles. The van der Waals surface area contributed by atoms with E-state index in [1.165, 1.54) is 5.39 Å². The predicted molar refractivity (Wildman–Crippen MR) is 75.1 cm³/mol.